The van der Waals surface area contributed by atoms with Crippen molar-refractivity contribution in [1.82, 2.24) is 10.0 Å². The van der Waals surface area contributed by atoms with Gasteiger partial charge in [-0.1, -0.05) is 0 Å². The van der Waals surface area contributed by atoms with Gasteiger partial charge < -0.3 is 10.1 Å². The Labute approximate surface area is 76.7 Å². The first-order valence-electron chi connectivity index (χ1n) is 3.83. The number of carbonyl (C=O) groups is 1. The molecule has 0 aromatic carbocycles. The summed E-state index contributed by atoms with van der Waals surface area (Å²) in [6, 6.07) is 0. The van der Waals surface area contributed by atoms with Gasteiger partial charge in [-0.25, -0.2) is 8.42 Å². The lowest BCUT2D eigenvalue weighted by Crippen LogP contribution is -2.48. The Kier molecular flexibility index (Phi) is 3.23. The number of sulfonamides is 1. The van der Waals surface area contributed by atoms with Crippen LogP contribution in [-0.2, 0) is 19.6 Å². The number of amides is 1. The Morgan fingerprint density at radius 2 is 2.31 bits per heavy atom. The molecular weight excluding hydrogens is 196 g/mol. The number of nitrogens with one attached hydrogen (secondary N) is 2. The highest BCUT2D eigenvalue weighted by atomic mass is 32.2. The van der Waals surface area contributed by atoms with Crippen LogP contribution in [0.25, 0.3) is 0 Å². The van der Waals surface area contributed by atoms with Crippen molar-refractivity contribution in [2.75, 3.05) is 26.0 Å². The summed E-state index contributed by atoms with van der Waals surface area (Å²) >= 11 is 0. The molecule has 1 unspecified atom stereocenters. The monoisotopic (exact) mass is 208 g/mol. The van der Waals surface area contributed by atoms with E-state index in [9.17, 15) is 13.2 Å². The molecule has 1 heterocycles. The van der Waals surface area contributed by atoms with Gasteiger partial charge in [-0.2, -0.15) is 0 Å². The van der Waals surface area contributed by atoms with Crippen LogP contribution >= 0.6 is 0 Å². The van der Waals surface area contributed by atoms with Crippen molar-refractivity contribution in [3.05, 3.63) is 0 Å². The van der Waals surface area contributed by atoms with Crippen LogP contribution in [0.5, 0.6) is 0 Å². The fourth-order valence-electron chi connectivity index (χ4n) is 0.982. The van der Waals surface area contributed by atoms with Crippen LogP contribution in [0.4, 0.5) is 0 Å². The average Bonchev–Trinajstić information content (AvgIpc) is 2.03. The van der Waals surface area contributed by atoms with Gasteiger partial charge in [0.2, 0.25) is 10.0 Å². The number of hydrogen-bond acceptors (Lipinski definition) is 5. The molecule has 1 aliphatic rings. The summed E-state index contributed by atoms with van der Waals surface area (Å²) in [5.74, 6) is -0.616. The Morgan fingerprint density at radius 3 is 2.77 bits per heavy atom. The van der Waals surface area contributed by atoms with Crippen LogP contribution in [0.1, 0.15) is 0 Å². The predicted octanol–water partition coefficient (Wildman–Crippen LogP) is -1.95. The summed E-state index contributed by atoms with van der Waals surface area (Å²) in [5, 5.41) is 2.92. The van der Waals surface area contributed by atoms with Gasteiger partial charge in [0, 0.05) is 13.1 Å². The second kappa shape index (κ2) is 4.03. The molecule has 1 saturated heterocycles. The highest BCUT2D eigenvalue weighted by Gasteiger charge is 2.23. The lowest BCUT2D eigenvalue weighted by Gasteiger charge is -2.22. The molecule has 76 valence electrons. The van der Waals surface area contributed by atoms with Crippen molar-refractivity contribution in [3.8, 4) is 0 Å². The number of hydrogen-bond donors (Lipinski definition) is 2. The lowest BCUT2D eigenvalue weighted by molar-refractivity contribution is -0.132. The second-order valence-corrected chi connectivity index (χ2v) is 4.55. The zero-order chi connectivity index (χ0) is 9.90. The first-order chi connectivity index (χ1) is 5.99. The van der Waals surface area contributed by atoms with Crippen molar-refractivity contribution >= 4 is 15.9 Å². The van der Waals surface area contributed by atoms with E-state index in [1.165, 1.54) is 0 Å². The highest BCUT2D eigenvalue weighted by molar-refractivity contribution is 7.89. The van der Waals surface area contributed by atoms with Crippen LogP contribution in [0, 0.1) is 0 Å². The number of rotatable bonds is 2. The van der Waals surface area contributed by atoms with Crippen molar-refractivity contribution < 1.29 is 17.9 Å². The molecule has 0 bridgehead atoms. The van der Waals surface area contributed by atoms with Gasteiger partial charge in [-0.05, 0) is 0 Å². The van der Waals surface area contributed by atoms with E-state index < -0.39 is 22.0 Å². The molecule has 1 rings (SSSR count). The third-order valence-corrected chi connectivity index (χ3v) is 2.08. The van der Waals surface area contributed by atoms with Crippen molar-refractivity contribution in [2.45, 2.75) is 6.10 Å². The van der Waals surface area contributed by atoms with E-state index in [2.05, 4.69) is 5.32 Å². The van der Waals surface area contributed by atoms with E-state index in [0.29, 0.717) is 19.7 Å². The molecule has 2 N–H and O–H groups in total. The van der Waals surface area contributed by atoms with E-state index in [1.807, 2.05) is 4.72 Å². The fourth-order valence-corrected chi connectivity index (χ4v) is 1.48. The van der Waals surface area contributed by atoms with Crippen molar-refractivity contribution in [3.63, 3.8) is 0 Å². The smallest absolute Gasteiger partial charge is 0.263 e. The van der Waals surface area contributed by atoms with E-state index in [0.717, 1.165) is 6.26 Å². The molecule has 1 amide bonds. The molecular formula is C6H12N2O4S. The molecule has 13 heavy (non-hydrogen) atoms. The lowest BCUT2D eigenvalue weighted by atomic mass is 10.3. The Morgan fingerprint density at radius 1 is 1.62 bits per heavy atom. The van der Waals surface area contributed by atoms with Crippen LogP contribution < -0.4 is 10.0 Å². The van der Waals surface area contributed by atoms with Crippen LogP contribution in [0.3, 0.4) is 0 Å². The van der Waals surface area contributed by atoms with Crippen molar-refractivity contribution in [2.24, 2.45) is 0 Å². The summed E-state index contributed by atoms with van der Waals surface area (Å²) in [7, 11) is -3.48. The standard InChI is InChI=1S/C6H12N2O4S/c1-13(10,11)8-6(9)5-4-7-2-3-12-5/h5,7H,2-4H2,1H3,(H,8,9). The Balaban J connectivity index is 2.47. The quantitative estimate of drug-likeness (QED) is 0.551. The maximum Gasteiger partial charge on any atom is 0.263 e. The maximum absolute atomic E-state index is 11.2. The van der Waals surface area contributed by atoms with Crippen molar-refractivity contribution in [1.29, 1.82) is 0 Å². The minimum atomic E-state index is -3.48. The molecule has 0 saturated carbocycles. The maximum atomic E-state index is 11.2. The van der Waals surface area contributed by atoms with Gasteiger partial charge in [-0.15, -0.1) is 0 Å². The molecule has 1 fully saturated rings. The van der Waals surface area contributed by atoms with E-state index in [4.69, 9.17) is 4.74 Å². The molecule has 0 aromatic rings. The fraction of sp³-hybridized carbons (Fsp3) is 0.833. The minimum absolute atomic E-state index is 0.349. The normalized spacial score (nSPS) is 23.9. The summed E-state index contributed by atoms with van der Waals surface area (Å²) in [4.78, 5) is 11.2. The molecule has 7 heteroatoms. The molecule has 0 radical (unpaired) electrons. The summed E-state index contributed by atoms with van der Waals surface area (Å²) in [5.41, 5.74) is 0. The predicted molar refractivity (Wildman–Crippen MR) is 45.6 cm³/mol. The van der Waals surface area contributed by atoms with E-state index in [1.54, 1.807) is 0 Å². The highest BCUT2D eigenvalue weighted by Crippen LogP contribution is 1.96. The van der Waals surface area contributed by atoms with Crippen LogP contribution in [0.15, 0.2) is 0 Å². The third kappa shape index (κ3) is 3.71. The first kappa shape index (κ1) is 10.4. The van der Waals surface area contributed by atoms with Gasteiger partial charge in [0.05, 0.1) is 12.9 Å². The number of ether oxygens (including phenoxy) is 1. The van der Waals surface area contributed by atoms with E-state index >= 15 is 0 Å². The third-order valence-electron chi connectivity index (χ3n) is 1.51. The van der Waals surface area contributed by atoms with Gasteiger partial charge in [0.25, 0.3) is 5.91 Å². The molecule has 6 nitrogen and oxygen atoms in total. The second-order valence-electron chi connectivity index (χ2n) is 2.80. The van der Waals surface area contributed by atoms with Gasteiger partial charge in [-0.3, -0.25) is 9.52 Å². The summed E-state index contributed by atoms with van der Waals surface area (Å²) < 4.78 is 28.3. The Hall–Kier alpha value is -0.660. The summed E-state index contributed by atoms with van der Waals surface area (Å²) in [6.45, 7) is 1.45. The van der Waals surface area contributed by atoms with E-state index in [-0.39, 0.29) is 0 Å². The summed E-state index contributed by atoms with van der Waals surface area (Å²) in [6.07, 6.45) is 0.227. The minimum Gasteiger partial charge on any atom is -0.366 e. The van der Waals surface area contributed by atoms with Gasteiger partial charge in [0.1, 0.15) is 6.10 Å². The molecule has 0 spiro atoms. The zero-order valence-electron chi connectivity index (χ0n) is 7.24. The first-order valence-corrected chi connectivity index (χ1v) is 5.72. The Bertz CT molecular complexity index is 281. The number of carbonyl (C=O) groups excluding carboxylic acids is 1. The topological polar surface area (TPSA) is 84.5 Å². The number of morpholine rings is 1. The largest absolute Gasteiger partial charge is 0.366 e. The molecule has 0 aromatic heterocycles. The van der Waals surface area contributed by atoms with Gasteiger partial charge in [0.15, 0.2) is 0 Å². The van der Waals surface area contributed by atoms with Crippen LogP contribution in [-0.4, -0.2) is 46.4 Å². The van der Waals surface area contributed by atoms with Crippen LogP contribution in [0.2, 0.25) is 0 Å². The zero-order valence-corrected chi connectivity index (χ0v) is 8.06. The molecule has 0 aliphatic carbocycles. The SMILES string of the molecule is CS(=O)(=O)NC(=O)C1CNCCO1. The van der Waals surface area contributed by atoms with Gasteiger partial charge >= 0.3 is 0 Å². The average molecular weight is 208 g/mol. The molecule has 1 aliphatic heterocycles. The molecule has 1 atom stereocenters.